The summed E-state index contributed by atoms with van der Waals surface area (Å²) >= 11 is 5.83. The summed E-state index contributed by atoms with van der Waals surface area (Å²) < 4.78 is 13.0. The number of nitrogen functional groups attached to an aromatic ring is 1. The van der Waals surface area contributed by atoms with Crippen molar-refractivity contribution in [3.05, 3.63) is 34.7 Å². The number of fused-ring (bicyclic) bond motifs is 1. The van der Waals surface area contributed by atoms with Crippen LogP contribution in [0.25, 0.3) is 10.9 Å². The lowest BCUT2D eigenvalue weighted by atomic mass is 10.1. The van der Waals surface area contributed by atoms with E-state index in [0.29, 0.717) is 10.9 Å². The second kappa shape index (κ2) is 3.37. The molecule has 2 N–H and O–H groups in total. The van der Waals surface area contributed by atoms with Crippen molar-refractivity contribution in [3.8, 4) is 6.07 Å². The summed E-state index contributed by atoms with van der Waals surface area (Å²) in [5, 5.41) is 9.31. The molecule has 5 heteroatoms. The monoisotopic (exact) mass is 221 g/mol. The normalized spacial score (nSPS) is 10.2. The van der Waals surface area contributed by atoms with E-state index in [-0.39, 0.29) is 16.3 Å². The van der Waals surface area contributed by atoms with Gasteiger partial charge in [-0.05, 0) is 6.07 Å². The van der Waals surface area contributed by atoms with Crippen molar-refractivity contribution in [2.45, 2.75) is 0 Å². The number of hydrogen-bond acceptors (Lipinski definition) is 3. The molecule has 0 aliphatic rings. The first-order chi connectivity index (χ1) is 7.13. The number of rotatable bonds is 0. The molecule has 1 heterocycles. The molecule has 0 aliphatic carbocycles. The zero-order valence-electron chi connectivity index (χ0n) is 7.46. The average Bonchev–Trinajstić information content (AvgIpc) is 2.17. The zero-order valence-corrected chi connectivity index (χ0v) is 8.22. The maximum Gasteiger partial charge on any atom is 0.126 e. The van der Waals surface area contributed by atoms with Crippen molar-refractivity contribution >= 4 is 28.2 Å². The summed E-state index contributed by atoms with van der Waals surface area (Å²) in [5.74, 6) is -0.482. The van der Waals surface area contributed by atoms with Gasteiger partial charge in [0.05, 0.1) is 21.8 Å². The number of anilines is 1. The fraction of sp³-hybridized carbons (Fsp3) is 0. The quantitative estimate of drug-likeness (QED) is 0.743. The van der Waals surface area contributed by atoms with Crippen LogP contribution in [0.2, 0.25) is 5.02 Å². The van der Waals surface area contributed by atoms with E-state index in [1.54, 1.807) is 0 Å². The summed E-state index contributed by atoms with van der Waals surface area (Å²) in [5.41, 5.74) is 6.52. The van der Waals surface area contributed by atoms with Gasteiger partial charge in [0.1, 0.15) is 11.9 Å². The highest BCUT2D eigenvalue weighted by Gasteiger charge is 2.10. The van der Waals surface area contributed by atoms with Crippen LogP contribution in [-0.4, -0.2) is 4.98 Å². The number of benzene rings is 1. The average molecular weight is 222 g/mol. The van der Waals surface area contributed by atoms with E-state index in [9.17, 15) is 4.39 Å². The fourth-order valence-electron chi connectivity index (χ4n) is 1.36. The third-order valence-corrected chi connectivity index (χ3v) is 2.34. The van der Waals surface area contributed by atoms with Crippen molar-refractivity contribution in [3.63, 3.8) is 0 Å². The Kier molecular flexibility index (Phi) is 2.18. The molecule has 2 rings (SSSR count). The number of halogens is 2. The molecule has 0 spiro atoms. The molecule has 0 bridgehead atoms. The number of nitrogens with zero attached hydrogens (tertiary/aromatic N) is 2. The molecule has 0 atom stereocenters. The highest BCUT2D eigenvalue weighted by molar-refractivity contribution is 6.36. The first kappa shape index (κ1) is 9.69. The summed E-state index contributed by atoms with van der Waals surface area (Å²) in [6.45, 7) is 0. The molecule has 0 unspecified atom stereocenters. The van der Waals surface area contributed by atoms with Crippen LogP contribution in [0.1, 0.15) is 5.56 Å². The number of nitrogens with two attached hydrogens (primary N) is 1. The lowest BCUT2D eigenvalue weighted by Crippen LogP contribution is -1.95. The van der Waals surface area contributed by atoms with E-state index in [1.807, 2.05) is 6.07 Å². The van der Waals surface area contributed by atoms with E-state index in [1.165, 1.54) is 12.3 Å². The van der Waals surface area contributed by atoms with Crippen LogP contribution in [0.5, 0.6) is 0 Å². The topological polar surface area (TPSA) is 62.7 Å². The lowest BCUT2D eigenvalue weighted by molar-refractivity contribution is 0.629. The van der Waals surface area contributed by atoms with Gasteiger partial charge in [-0.1, -0.05) is 11.6 Å². The van der Waals surface area contributed by atoms with Crippen LogP contribution in [-0.2, 0) is 0 Å². The Morgan fingerprint density at radius 1 is 1.47 bits per heavy atom. The first-order valence-corrected chi connectivity index (χ1v) is 4.44. The van der Waals surface area contributed by atoms with E-state index in [2.05, 4.69) is 4.98 Å². The van der Waals surface area contributed by atoms with E-state index >= 15 is 0 Å². The maximum atomic E-state index is 13.0. The van der Waals surface area contributed by atoms with Crippen molar-refractivity contribution in [1.29, 1.82) is 5.26 Å². The van der Waals surface area contributed by atoms with Gasteiger partial charge in [0.2, 0.25) is 0 Å². The SMILES string of the molecule is N#Cc1cnc2cc(F)cc(Cl)c2c1N. The van der Waals surface area contributed by atoms with Crippen LogP contribution in [0.15, 0.2) is 18.3 Å². The Balaban J connectivity index is 2.94. The largest absolute Gasteiger partial charge is 0.397 e. The number of aromatic nitrogens is 1. The Morgan fingerprint density at radius 3 is 2.87 bits per heavy atom. The lowest BCUT2D eigenvalue weighted by Gasteiger charge is -2.05. The highest BCUT2D eigenvalue weighted by atomic mass is 35.5. The predicted octanol–water partition coefficient (Wildman–Crippen LogP) is 2.48. The molecule has 3 nitrogen and oxygen atoms in total. The molecule has 1 aromatic carbocycles. The summed E-state index contributed by atoms with van der Waals surface area (Å²) in [6, 6.07) is 4.25. The van der Waals surface area contributed by atoms with Gasteiger partial charge in [-0.25, -0.2) is 4.39 Å². The summed E-state index contributed by atoms with van der Waals surface area (Å²) in [4.78, 5) is 3.91. The third kappa shape index (κ3) is 1.47. The molecule has 0 aliphatic heterocycles. The summed E-state index contributed by atoms with van der Waals surface area (Å²) in [6.07, 6.45) is 1.30. The Bertz CT molecular complexity index is 589. The minimum atomic E-state index is -0.482. The van der Waals surface area contributed by atoms with Crippen LogP contribution in [0.4, 0.5) is 10.1 Å². The zero-order chi connectivity index (χ0) is 11.0. The fourth-order valence-corrected chi connectivity index (χ4v) is 1.66. The molecular weight excluding hydrogens is 217 g/mol. The van der Waals surface area contributed by atoms with Gasteiger partial charge in [0.25, 0.3) is 0 Å². The van der Waals surface area contributed by atoms with E-state index in [0.717, 1.165) is 6.07 Å². The highest BCUT2D eigenvalue weighted by Crippen LogP contribution is 2.30. The smallest absolute Gasteiger partial charge is 0.126 e. The number of pyridine rings is 1. The van der Waals surface area contributed by atoms with Gasteiger partial charge >= 0.3 is 0 Å². The maximum absolute atomic E-state index is 13.0. The second-order valence-corrected chi connectivity index (χ2v) is 3.39. The van der Waals surface area contributed by atoms with Crippen LogP contribution < -0.4 is 5.73 Å². The van der Waals surface area contributed by atoms with Gasteiger partial charge in [0.15, 0.2) is 0 Å². The Morgan fingerprint density at radius 2 is 2.20 bits per heavy atom. The van der Waals surface area contributed by atoms with Crippen molar-refractivity contribution in [2.75, 3.05) is 5.73 Å². The molecule has 1 aromatic heterocycles. The molecular formula is C10H5ClFN3. The van der Waals surface area contributed by atoms with Crippen LogP contribution in [0.3, 0.4) is 0 Å². The first-order valence-electron chi connectivity index (χ1n) is 4.07. The minimum absolute atomic E-state index is 0.159. The molecule has 2 aromatic rings. The molecule has 0 saturated carbocycles. The molecule has 74 valence electrons. The minimum Gasteiger partial charge on any atom is -0.397 e. The second-order valence-electron chi connectivity index (χ2n) is 2.98. The van der Waals surface area contributed by atoms with E-state index < -0.39 is 5.82 Å². The van der Waals surface area contributed by atoms with Crippen molar-refractivity contribution in [2.24, 2.45) is 0 Å². The molecule has 0 amide bonds. The molecule has 15 heavy (non-hydrogen) atoms. The summed E-state index contributed by atoms with van der Waals surface area (Å²) in [7, 11) is 0. The van der Waals surface area contributed by atoms with Gasteiger partial charge in [-0.3, -0.25) is 4.98 Å². The Hall–Kier alpha value is -1.86. The van der Waals surface area contributed by atoms with E-state index in [4.69, 9.17) is 22.6 Å². The Labute approximate surface area is 89.9 Å². The predicted molar refractivity (Wildman–Crippen MR) is 55.8 cm³/mol. The van der Waals surface area contributed by atoms with Gasteiger partial charge in [0, 0.05) is 17.6 Å². The van der Waals surface area contributed by atoms with Crippen LogP contribution >= 0.6 is 11.6 Å². The number of hydrogen-bond donors (Lipinski definition) is 1. The standard InChI is InChI=1S/C10H5ClFN3/c11-7-1-6(12)2-8-9(7)10(14)5(3-13)4-15-8/h1-2,4H,(H2,14,15). The van der Waals surface area contributed by atoms with Crippen LogP contribution in [0, 0.1) is 17.1 Å². The van der Waals surface area contributed by atoms with Crippen molar-refractivity contribution in [1.82, 2.24) is 4.98 Å². The number of nitriles is 1. The van der Waals surface area contributed by atoms with Crippen molar-refractivity contribution < 1.29 is 4.39 Å². The molecule has 0 fully saturated rings. The molecule has 0 saturated heterocycles. The third-order valence-electron chi connectivity index (χ3n) is 2.05. The van der Waals surface area contributed by atoms with Gasteiger partial charge in [-0.2, -0.15) is 5.26 Å². The van der Waals surface area contributed by atoms with Gasteiger partial charge in [-0.15, -0.1) is 0 Å². The molecule has 0 radical (unpaired) electrons. The van der Waals surface area contributed by atoms with Gasteiger partial charge < -0.3 is 5.73 Å².